The fraction of sp³-hybridized carbons (Fsp3) is 0.818. The van der Waals surface area contributed by atoms with Gasteiger partial charge in [0.1, 0.15) is 0 Å². The number of nitrogens with zero attached hydrogens (tertiary/aromatic N) is 3. The van der Waals surface area contributed by atoms with E-state index in [-0.39, 0.29) is 12.6 Å². The van der Waals surface area contributed by atoms with Gasteiger partial charge in [0.2, 0.25) is 0 Å². The zero-order chi connectivity index (χ0) is 12.4. The zero-order valence-electron chi connectivity index (χ0n) is 10.1. The lowest BCUT2D eigenvalue weighted by atomic mass is 10.3. The van der Waals surface area contributed by atoms with Gasteiger partial charge in [-0.25, -0.2) is 4.79 Å². The second-order valence-corrected chi connectivity index (χ2v) is 4.78. The van der Waals surface area contributed by atoms with Gasteiger partial charge in [-0.2, -0.15) is 0 Å². The Hall–Kier alpha value is -1.30. The molecule has 0 aromatic heterocycles. The quantitative estimate of drug-likeness (QED) is 0.749. The van der Waals surface area contributed by atoms with Gasteiger partial charge >= 0.3 is 12.0 Å². The smallest absolute Gasteiger partial charge is 0.320 e. The molecule has 1 N–H and O–H groups in total. The average molecular weight is 241 g/mol. The molecule has 1 aliphatic heterocycles. The Kier molecular flexibility index (Phi) is 3.51. The van der Waals surface area contributed by atoms with Crippen LogP contribution in [0, 0.1) is 0 Å². The summed E-state index contributed by atoms with van der Waals surface area (Å²) < 4.78 is 0. The fourth-order valence-corrected chi connectivity index (χ4v) is 2.13. The molecule has 2 rings (SSSR count). The molecule has 6 heteroatoms. The molecule has 2 fully saturated rings. The van der Waals surface area contributed by atoms with Crippen molar-refractivity contribution in [1.82, 2.24) is 14.7 Å². The predicted octanol–water partition coefficient (Wildman–Crippen LogP) is -0.0972. The molecule has 1 saturated carbocycles. The highest BCUT2D eigenvalue weighted by atomic mass is 16.4. The molecule has 1 heterocycles. The van der Waals surface area contributed by atoms with Crippen LogP contribution in [0.25, 0.3) is 0 Å². The van der Waals surface area contributed by atoms with Crippen molar-refractivity contribution in [1.29, 1.82) is 0 Å². The van der Waals surface area contributed by atoms with Crippen molar-refractivity contribution >= 4 is 12.0 Å². The van der Waals surface area contributed by atoms with Gasteiger partial charge < -0.3 is 14.9 Å². The topological polar surface area (TPSA) is 64.1 Å². The molecule has 2 amide bonds. The third-order valence-corrected chi connectivity index (χ3v) is 3.40. The Balaban J connectivity index is 1.77. The van der Waals surface area contributed by atoms with Gasteiger partial charge in [-0.3, -0.25) is 9.69 Å². The molecule has 6 nitrogen and oxygen atoms in total. The van der Waals surface area contributed by atoms with Gasteiger partial charge in [-0.15, -0.1) is 0 Å². The van der Waals surface area contributed by atoms with Crippen LogP contribution in [-0.4, -0.2) is 77.6 Å². The normalized spacial score (nSPS) is 21.4. The van der Waals surface area contributed by atoms with Crippen LogP contribution in [-0.2, 0) is 4.79 Å². The monoisotopic (exact) mass is 241 g/mol. The van der Waals surface area contributed by atoms with E-state index < -0.39 is 5.97 Å². The van der Waals surface area contributed by atoms with E-state index in [1.807, 2.05) is 21.7 Å². The summed E-state index contributed by atoms with van der Waals surface area (Å²) in [6, 6.07) is 0.516. The number of hydrogen-bond acceptors (Lipinski definition) is 3. The SMILES string of the molecule is CN(C(=O)N1CCN(CC(=O)O)CC1)C1CC1. The number of carbonyl (C=O) groups is 2. The van der Waals surface area contributed by atoms with Crippen molar-refractivity contribution < 1.29 is 14.7 Å². The maximum Gasteiger partial charge on any atom is 0.320 e. The van der Waals surface area contributed by atoms with Crippen molar-refractivity contribution in [3.63, 3.8) is 0 Å². The molecular formula is C11H19N3O3. The van der Waals surface area contributed by atoms with E-state index in [2.05, 4.69) is 0 Å². The van der Waals surface area contributed by atoms with E-state index >= 15 is 0 Å². The summed E-state index contributed by atoms with van der Waals surface area (Å²) in [6.07, 6.45) is 2.22. The van der Waals surface area contributed by atoms with E-state index in [1.54, 1.807) is 0 Å². The highest BCUT2D eigenvalue weighted by Gasteiger charge is 2.33. The number of carboxylic acids is 1. The van der Waals surface area contributed by atoms with Crippen molar-refractivity contribution in [2.24, 2.45) is 0 Å². The highest BCUT2D eigenvalue weighted by molar-refractivity contribution is 5.75. The second kappa shape index (κ2) is 4.91. The van der Waals surface area contributed by atoms with Crippen LogP contribution in [0.2, 0.25) is 0 Å². The predicted molar refractivity (Wildman–Crippen MR) is 61.8 cm³/mol. The van der Waals surface area contributed by atoms with Crippen LogP contribution in [0.5, 0.6) is 0 Å². The number of carbonyl (C=O) groups excluding carboxylic acids is 1. The van der Waals surface area contributed by atoms with Gasteiger partial charge in [-0.1, -0.05) is 0 Å². The third-order valence-electron chi connectivity index (χ3n) is 3.40. The van der Waals surface area contributed by atoms with E-state index in [1.165, 1.54) is 0 Å². The first kappa shape index (κ1) is 12.2. The molecule has 0 spiro atoms. The molecule has 0 radical (unpaired) electrons. The summed E-state index contributed by atoms with van der Waals surface area (Å²) >= 11 is 0. The van der Waals surface area contributed by atoms with Crippen LogP contribution < -0.4 is 0 Å². The van der Waals surface area contributed by atoms with Crippen molar-refractivity contribution in [2.75, 3.05) is 39.8 Å². The van der Waals surface area contributed by atoms with E-state index in [0.717, 1.165) is 12.8 Å². The van der Waals surface area contributed by atoms with Crippen molar-refractivity contribution in [2.45, 2.75) is 18.9 Å². The van der Waals surface area contributed by atoms with Crippen LogP contribution >= 0.6 is 0 Å². The lowest BCUT2D eigenvalue weighted by Gasteiger charge is -2.36. The first-order chi connectivity index (χ1) is 8.08. The summed E-state index contributed by atoms with van der Waals surface area (Å²) in [5.74, 6) is -0.806. The molecule has 0 bridgehead atoms. The van der Waals surface area contributed by atoms with Gasteiger partial charge in [-0.05, 0) is 12.8 Å². The molecule has 0 unspecified atom stereocenters. The summed E-state index contributed by atoms with van der Waals surface area (Å²) in [6.45, 7) is 2.62. The number of hydrogen-bond donors (Lipinski definition) is 1. The van der Waals surface area contributed by atoms with Crippen LogP contribution in [0.1, 0.15) is 12.8 Å². The first-order valence-electron chi connectivity index (χ1n) is 6.04. The van der Waals surface area contributed by atoms with Crippen molar-refractivity contribution in [3.05, 3.63) is 0 Å². The Morgan fingerprint density at radius 1 is 1.24 bits per heavy atom. The molecule has 17 heavy (non-hydrogen) atoms. The molecular weight excluding hydrogens is 222 g/mol. The molecule has 0 aromatic rings. The minimum absolute atomic E-state index is 0.0699. The largest absolute Gasteiger partial charge is 0.480 e. The summed E-state index contributed by atoms with van der Waals surface area (Å²) in [5.41, 5.74) is 0. The van der Waals surface area contributed by atoms with Crippen LogP contribution in [0.15, 0.2) is 0 Å². The summed E-state index contributed by atoms with van der Waals surface area (Å²) in [5, 5.41) is 8.68. The molecule has 2 aliphatic rings. The van der Waals surface area contributed by atoms with Gasteiger partial charge in [0.15, 0.2) is 0 Å². The Labute approximate surface area is 101 Å². The number of amides is 2. The molecule has 96 valence electrons. The maximum atomic E-state index is 12.0. The molecule has 0 atom stereocenters. The third kappa shape index (κ3) is 3.09. The van der Waals surface area contributed by atoms with Gasteiger partial charge in [0, 0.05) is 39.3 Å². The van der Waals surface area contributed by atoms with Crippen LogP contribution in [0.4, 0.5) is 4.79 Å². The fourth-order valence-electron chi connectivity index (χ4n) is 2.13. The summed E-state index contributed by atoms with van der Waals surface area (Å²) in [7, 11) is 1.85. The number of urea groups is 1. The van der Waals surface area contributed by atoms with E-state index in [4.69, 9.17) is 5.11 Å². The average Bonchev–Trinajstić information content (AvgIpc) is 3.11. The minimum Gasteiger partial charge on any atom is -0.480 e. The van der Waals surface area contributed by atoms with E-state index in [9.17, 15) is 9.59 Å². The van der Waals surface area contributed by atoms with Gasteiger partial charge in [0.05, 0.1) is 6.54 Å². The number of carboxylic acid groups (broad SMARTS) is 1. The van der Waals surface area contributed by atoms with Crippen molar-refractivity contribution in [3.8, 4) is 0 Å². The minimum atomic E-state index is -0.806. The summed E-state index contributed by atoms with van der Waals surface area (Å²) in [4.78, 5) is 28.1. The zero-order valence-corrected chi connectivity index (χ0v) is 10.1. The lowest BCUT2D eigenvalue weighted by Crippen LogP contribution is -2.53. The van der Waals surface area contributed by atoms with Crippen LogP contribution in [0.3, 0.4) is 0 Å². The maximum absolute atomic E-state index is 12.0. The lowest BCUT2D eigenvalue weighted by molar-refractivity contribution is -0.138. The molecule has 1 saturated heterocycles. The van der Waals surface area contributed by atoms with Gasteiger partial charge in [0.25, 0.3) is 0 Å². The standard InChI is InChI=1S/C11H19N3O3/c1-12(9-2-3-9)11(17)14-6-4-13(5-7-14)8-10(15)16/h9H,2-8H2,1H3,(H,15,16). The molecule has 1 aliphatic carbocycles. The number of piperazine rings is 1. The first-order valence-corrected chi connectivity index (χ1v) is 6.04. The molecule has 0 aromatic carbocycles. The highest BCUT2D eigenvalue weighted by Crippen LogP contribution is 2.26. The number of rotatable bonds is 3. The Bertz CT molecular complexity index is 309. The second-order valence-electron chi connectivity index (χ2n) is 4.78. The Morgan fingerprint density at radius 2 is 1.82 bits per heavy atom. The van der Waals surface area contributed by atoms with E-state index in [0.29, 0.717) is 32.2 Å². The number of aliphatic carboxylic acids is 1. The Morgan fingerprint density at radius 3 is 2.29 bits per heavy atom.